The molecular formula is C16H20O. The molecule has 17 heavy (non-hydrogen) atoms. The van der Waals surface area contributed by atoms with Crippen LogP contribution in [0, 0.1) is 0 Å². The quantitative estimate of drug-likeness (QED) is 0.687. The molecule has 2 rings (SSSR count). The third-order valence-corrected chi connectivity index (χ3v) is 3.00. The highest BCUT2D eigenvalue weighted by Crippen LogP contribution is 2.23. The highest BCUT2D eigenvalue weighted by Gasteiger charge is 2.10. The number of para-hydroxylation sites is 1. The molecule has 1 unspecified atom stereocenters. The molecule has 1 aliphatic rings. The Hall–Kier alpha value is -1.50. The Labute approximate surface area is 104 Å². The van der Waals surface area contributed by atoms with Gasteiger partial charge in [-0.2, -0.15) is 0 Å². The van der Waals surface area contributed by atoms with Crippen LogP contribution in [0.5, 0.6) is 5.75 Å². The van der Waals surface area contributed by atoms with Crippen molar-refractivity contribution in [1.29, 1.82) is 0 Å². The molecule has 1 nitrogen and oxygen atoms in total. The lowest BCUT2D eigenvalue weighted by Crippen LogP contribution is -2.13. The van der Waals surface area contributed by atoms with Gasteiger partial charge in [0.1, 0.15) is 11.9 Å². The summed E-state index contributed by atoms with van der Waals surface area (Å²) in [6.45, 7) is 2.03. The van der Waals surface area contributed by atoms with E-state index in [9.17, 15) is 0 Å². The Morgan fingerprint density at radius 1 is 1.24 bits per heavy atom. The summed E-state index contributed by atoms with van der Waals surface area (Å²) in [5.74, 6) is 0.988. The largest absolute Gasteiger partial charge is 0.486 e. The van der Waals surface area contributed by atoms with Crippen molar-refractivity contribution in [2.45, 2.75) is 38.7 Å². The Kier molecular flexibility index (Phi) is 4.43. The second-order valence-corrected chi connectivity index (χ2v) is 4.41. The van der Waals surface area contributed by atoms with Crippen LogP contribution in [0.4, 0.5) is 0 Å². The van der Waals surface area contributed by atoms with Gasteiger partial charge in [0.2, 0.25) is 0 Å². The van der Waals surface area contributed by atoms with Gasteiger partial charge in [-0.1, -0.05) is 36.4 Å². The Morgan fingerprint density at radius 3 is 3.00 bits per heavy atom. The minimum atomic E-state index is 0.240. The van der Waals surface area contributed by atoms with Crippen molar-refractivity contribution in [3.8, 4) is 5.75 Å². The highest BCUT2D eigenvalue weighted by atomic mass is 16.5. The number of benzene rings is 1. The molecule has 1 aromatic carbocycles. The van der Waals surface area contributed by atoms with Gasteiger partial charge in [0, 0.05) is 5.56 Å². The van der Waals surface area contributed by atoms with E-state index in [-0.39, 0.29) is 6.10 Å². The SMILES string of the molecule is C/C=C\c1ccccc1OC1C=CCCCC1. The molecule has 0 fully saturated rings. The van der Waals surface area contributed by atoms with Crippen LogP contribution in [0.1, 0.15) is 38.2 Å². The standard InChI is InChI=1S/C16H20O/c1-2-9-14-10-7-8-13-16(14)17-15-11-5-3-4-6-12-15/h2,5,7-11,13,15H,3-4,6,12H2,1H3/b9-2-. The van der Waals surface area contributed by atoms with Gasteiger partial charge >= 0.3 is 0 Å². The lowest BCUT2D eigenvalue weighted by Gasteiger charge is -2.16. The summed E-state index contributed by atoms with van der Waals surface area (Å²) in [7, 11) is 0. The summed E-state index contributed by atoms with van der Waals surface area (Å²) in [4.78, 5) is 0. The van der Waals surface area contributed by atoms with Gasteiger partial charge in [0.25, 0.3) is 0 Å². The van der Waals surface area contributed by atoms with E-state index in [1.807, 2.05) is 31.2 Å². The van der Waals surface area contributed by atoms with E-state index in [4.69, 9.17) is 4.74 Å². The Morgan fingerprint density at radius 2 is 2.12 bits per heavy atom. The molecule has 0 bridgehead atoms. The van der Waals surface area contributed by atoms with Crippen LogP contribution in [0.15, 0.2) is 42.5 Å². The van der Waals surface area contributed by atoms with Crippen molar-refractivity contribution in [2.75, 3.05) is 0 Å². The van der Waals surface area contributed by atoms with Crippen LogP contribution >= 0.6 is 0 Å². The van der Waals surface area contributed by atoms with Gasteiger partial charge < -0.3 is 4.74 Å². The van der Waals surface area contributed by atoms with E-state index >= 15 is 0 Å². The van der Waals surface area contributed by atoms with E-state index in [1.54, 1.807) is 0 Å². The first-order valence-corrected chi connectivity index (χ1v) is 6.45. The highest BCUT2D eigenvalue weighted by molar-refractivity contribution is 5.56. The molecule has 1 aromatic rings. The fourth-order valence-corrected chi connectivity index (χ4v) is 2.12. The molecule has 90 valence electrons. The predicted molar refractivity (Wildman–Crippen MR) is 73.2 cm³/mol. The van der Waals surface area contributed by atoms with Gasteiger partial charge in [-0.25, -0.2) is 0 Å². The normalized spacial score (nSPS) is 20.4. The van der Waals surface area contributed by atoms with Crippen molar-refractivity contribution in [1.82, 2.24) is 0 Å². The van der Waals surface area contributed by atoms with Crippen molar-refractivity contribution in [3.63, 3.8) is 0 Å². The van der Waals surface area contributed by atoms with E-state index in [0.717, 1.165) is 17.7 Å². The lowest BCUT2D eigenvalue weighted by atomic mass is 10.1. The maximum absolute atomic E-state index is 6.08. The molecule has 0 aliphatic heterocycles. The molecule has 0 saturated carbocycles. The first-order chi connectivity index (χ1) is 8.40. The predicted octanol–water partition coefficient (Wildman–Crippen LogP) is 4.60. The summed E-state index contributed by atoms with van der Waals surface area (Å²) in [5, 5.41) is 0. The van der Waals surface area contributed by atoms with Crippen LogP contribution in [0.3, 0.4) is 0 Å². The van der Waals surface area contributed by atoms with Crippen molar-refractivity contribution >= 4 is 6.08 Å². The number of hydrogen-bond donors (Lipinski definition) is 0. The molecule has 1 atom stereocenters. The Bertz CT molecular complexity index is 404. The van der Waals surface area contributed by atoms with Crippen molar-refractivity contribution in [2.24, 2.45) is 0 Å². The molecule has 1 heteroatoms. The molecule has 0 spiro atoms. The molecule has 0 radical (unpaired) electrons. The molecular weight excluding hydrogens is 208 g/mol. The monoisotopic (exact) mass is 228 g/mol. The molecule has 0 saturated heterocycles. The maximum Gasteiger partial charge on any atom is 0.127 e. The average Bonchev–Trinajstić information content (AvgIpc) is 2.61. The summed E-state index contributed by atoms with van der Waals surface area (Å²) in [6.07, 6.45) is 13.7. The van der Waals surface area contributed by atoms with Crippen LogP contribution < -0.4 is 4.74 Å². The number of allylic oxidation sites excluding steroid dienone is 2. The number of rotatable bonds is 3. The Balaban J connectivity index is 2.11. The zero-order chi connectivity index (χ0) is 11.9. The van der Waals surface area contributed by atoms with Crippen LogP contribution in [-0.2, 0) is 0 Å². The molecule has 0 amide bonds. The minimum Gasteiger partial charge on any atom is -0.486 e. The van der Waals surface area contributed by atoms with Gasteiger partial charge in [0.05, 0.1) is 0 Å². The van der Waals surface area contributed by atoms with Gasteiger partial charge in [-0.15, -0.1) is 0 Å². The van der Waals surface area contributed by atoms with Crippen molar-refractivity contribution < 1.29 is 4.74 Å². The first-order valence-electron chi connectivity index (χ1n) is 6.45. The summed E-state index contributed by atoms with van der Waals surface area (Å²) < 4.78 is 6.08. The molecule has 0 heterocycles. The van der Waals surface area contributed by atoms with E-state index in [1.165, 1.54) is 19.3 Å². The molecule has 0 N–H and O–H groups in total. The second kappa shape index (κ2) is 6.29. The lowest BCUT2D eigenvalue weighted by molar-refractivity contribution is 0.236. The third kappa shape index (κ3) is 3.48. The fraction of sp³-hybridized carbons (Fsp3) is 0.375. The van der Waals surface area contributed by atoms with Crippen LogP contribution in [-0.4, -0.2) is 6.10 Å². The van der Waals surface area contributed by atoms with Crippen LogP contribution in [0.2, 0.25) is 0 Å². The zero-order valence-corrected chi connectivity index (χ0v) is 10.4. The second-order valence-electron chi connectivity index (χ2n) is 4.41. The smallest absolute Gasteiger partial charge is 0.127 e. The summed E-state index contributed by atoms with van der Waals surface area (Å²) in [5.41, 5.74) is 1.16. The van der Waals surface area contributed by atoms with Gasteiger partial charge in [-0.3, -0.25) is 0 Å². The summed E-state index contributed by atoms with van der Waals surface area (Å²) >= 11 is 0. The zero-order valence-electron chi connectivity index (χ0n) is 10.4. The molecule has 1 aliphatic carbocycles. The van der Waals surface area contributed by atoms with E-state index in [0.29, 0.717) is 0 Å². The number of hydrogen-bond acceptors (Lipinski definition) is 1. The van der Waals surface area contributed by atoms with E-state index in [2.05, 4.69) is 24.3 Å². The minimum absolute atomic E-state index is 0.240. The third-order valence-electron chi connectivity index (χ3n) is 3.00. The molecule has 0 aromatic heterocycles. The fourth-order valence-electron chi connectivity index (χ4n) is 2.12. The topological polar surface area (TPSA) is 9.23 Å². The van der Waals surface area contributed by atoms with E-state index < -0.39 is 0 Å². The van der Waals surface area contributed by atoms with Gasteiger partial charge in [-0.05, 0) is 44.7 Å². The van der Waals surface area contributed by atoms with Crippen LogP contribution in [0.25, 0.3) is 6.08 Å². The van der Waals surface area contributed by atoms with Gasteiger partial charge in [0.15, 0.2) is 0 Å². The first kappa shape index (κ1) is 12.0. The average molecular weight is 228 g/mol. The summed E-state index contributed by atoms with van der Waals surface area (Å²) in [6, 6.07) is 8.22. The maximum atomic E-state index is 6.08. The number of ether oxygens (including phenoxy) is 1. The van der Waals surface area contributed by atoms with Crippen molar-refractivity contribution in [3.05, 3.63) is 48.1 Å².